The lowest BCUT2D eigenvalue weighted by Gasteiger charge is -2.34. The average molecular weight is 158 g/mol. The average Bonchev–Trinajstić information content (AvgIpc) is 1.85. The minimum Gasteiger partial charge on any atom is -0.390 e. The summed E-state index contributed by atoms with van der Waals surface area (Å²) in [6.07, 6.45) is -0.218. The maximum Gasteiger partial charge on any atom is 0.234 e. The Bertz CT molecular complexity index is 143. The van der Waals surface area contributed by atoms with Gasteiger partial charge in [0.15, 0.2) is 0 Å². The van der Waals surface area contributed by atoms with Gasteiger partial charge in [0.25, 0.3) is 0 Å². The van der Waals surface area contributed by atoms with Crippen molar-refractivity contribution in [1.29, 1.82) is 0 Å². The van der Waals surface area contributed by atoms with Crippen molar-refractivity contribution < 1.29 is 9.90 Å². The lowest BCUT2D eigenvalue weighted by atomic mass is 10.2. The highest BCUT2D eigenvalue weighted by Gasteiger charge is 2.25. The first-order valence-electron chi connectivity index (χ1n) is 3.89. The zero-order chi connectivity index (χ0) is 8.27. The Labute approximate surface area is 66.2 Å². The van der Waals surface area contributed by atoms with Gasteiger partial charge in [-0.3, -0.25) is 9.69 Å². The van der Waals surface area contributed by atoms with E-state index in [4.69, 9.17) is 5.11 Å². The summed E-state index contributed by atoms with van der Waals surface area (Å²) in [4.78, 5) is 12.8. The Hall–Kier alpha value is -0.610. The molecule has 0 spiro atoms. The van der Waals surface area contributed by atoms with Crippen molar-refractivity contribution in [1.82, 2.24) is 10.2 Å². The third-order valence-corrected chi connectivity index (χ3v) is 1.68. The molecule has 0 aromatic rings. The molecule has 11 heavy (non-hydrogen) atoms. The molecule has 0 aliphatic carbocycles. The van der Waals surface area contributed by atoms with Crippen LogP contribution in [0.3, 0.4) is 0 Å². The van der Waals surface area contributed by atoms with E-state index in [0.717, 1.165) is 0 Å². The van der Waals surface area contributed by atoms with Crippen LogP contribution < -0.4 is 5.32 Å². The van der Waals surface area contributed by atoms with Gasteiger partial charge in [0.2, 0.25) is 5.91 Å². The second kappa shape index (κ2) is 3.69. The van der Waals surface area contributed by atoms with Crippen molar-refractivity contribution in [3.8, 4) is 0 Å². The molecule has 1 fully saturated rings. The third-order valence-electron chi connectivity index (χ3n) is 1.68. The fourth-order valence-corrected chi connectivity index (χ4v) is 1.13. The first kappa shape index (κ1) is 8.49. The van der Waals surface area contributed by atoms with E-state index >= 15 is 0 Å². The van der Waals surface area contributed by atoms with Crippen molar-refractivity contribution in [2.75, 3.05) is 26.2 Å². The first-order chi connectivity index (χ1) is 5.22. The van der Waals surface area contributed by atoms with Crippen LogP contribution in [0.2, 0.25) is 0 Å². The molecule has 0 aromatic carbocycles. The van der Waals surface area contributed by atoms with Gasteiger partial charge in [0.05, 0.1) is 12.6 Å². The van der Waals surface area contributed by atoms with E-state index in [1.807, 2.05) is 11.8 Å². The second-order valence-electron chi connectivity index (χ2n) is 2.80. The van der Waals surface area contributed by atoms with Gasteiger partial charge in [-0.2, -0.15) is 0 Å². The molecule has 1 saturated heterocycles. The molecule has 4 heteroatoms. The number of β-amino-alcohol motifs (C(OH)–C–C–N with tert-alkyl or cyclic N) is 1. The molecular formula is C7H14N2O2. The van der Waals surface area contributed by atoms with Gasteiger partial charge >= 0.3 is 0 Å². The predicted molar refractivity (Wildman–Crippen MR) is 41.1 cm³/mol. The molecule has 4 nitrogen and oxygen atoms in total. The fraction of sp³-hybridized carbons (Fsp3) is 0.857. The maximum absolute atomic E-state index is 10.9. The normalized spacial score (nSPS) is 19.5. The number of nitrogens with one attached hydrogen (secondary N) is 1. The quantitative estimate of drug-likeness (QED) is 0.542. The van der Waals surface area contributed by atoms with Gasteiger partial charge in [-0.05, 0) is 6.92 Å². The zero-order valence-corrected chi connectivity index (χ0v) is 6.71. The number of nitrogens with zero attached hydrogens (tertiary/aromatic N) is 1. The lowest BCUT2D eigenvalue weighted by molar-refractivity contribution is -0.124. The molecule has 64 valence electrons. The van der Waals surface area contributed by atoms with Crippen LogP contribution in [-0.4, -0.2) is 48.2 Å². The van der Waals surface area contributed by atoms with Crippen molar-refractivity contribution in [3.05, 3.63) is 0 Å². The summed E-state index contributed by atoms with van der Waals surface area (Å²) in [5.41, 5.74) is 0. The van der Waals surface area contributed by atoms with Gasteiger partial charge in [-0.1, -0.05) is 0 Å². The molecule has 1 heterocycles. The number of aliphatic hydroxyl groups is 1. The summed E-state index contributed by atoms with van der Waals surface area (Å²) < 4.78 is 0. The number of amides is 1. The molecule has 1 aliphatic rings. The van der Waals surface area contributed by atoms with Gasteiger partial charge < -0.3 is 10.4 Å². The standard InChI is InChI=1S/C7H14N2O2/c1-2-8-7(11)5-9-3-6(10)4-9/h6,10H,2-5H2,1H3,(H,8,11). The van der Waals surface area contributed by atoms with Crippen LogP contribution in [0.15, 0.2) is 0 Å². The maximum atomic E-state index is 10.9. The summed E-state index contributed by atoms with van der Waals surface area (Å²) in [5, 5.41) is 11.6. The number of likely N-dealkylation sites (tertiary alicyclic amines) is 1. The summed E-state index contributed by atoms with van der Waals surface area (Å²) in [6, 6.07) is 0. The summed E-state index contributed by atoms with van der Waals surface area (Å²) in [6.45, 7) is 4.26. The fourth-order valence-electron chi connectivity index (χ4n) is 1.13. The number of carbonyl (C=O) groups is 1. The summed E-state index contributed by atoms with van der Waals surface area (Å²) in [5.74, 6) is 0.0411. The molecule has 0 atom stereocenters. The Morgan fingerprint density at radius 3 is 2.82 bits per heavy atom. The lowest BCUT2D eigenvalue weighted by Crippen LogP contribution is -2.53. The van der Waals surface area contributed by atoms with Crippen LogP contribution in [0.5, 0.6) is 0 Å². The van der Waals surface area contributed by atoms with Crippen LogP contribution in [-0.2, 0) is 4.79 Å². The van der Waals surface area contributed by atoms with Gasteiger partial charge in [-0.15, -0.1) is 0 Å². The Morgan fingerprint density at radius 1 is 1.73 bits per heavy atom. The summed E-state index contributed by atoms with van der Waals surface area (Å²) >= 11 is 0. The highest BCUT2D eigenvalue weighted by Crippen LogP contribution is 2.05. The van der Waals surface area contributed by atoms with Crippen LogP contribution in [0.25, 0.3) is 0 Å². The van der Waals surface area contributed by atoms with Crippen molar-refractivity contribution >= 4 is 5.91 Å². The minimum absolute atomic E-state index is 0.0411. The number of rotatable bonds is 3. The molecule has 1 rings (SSSR count). The van der Waals surface area contributed by atoms with Gasteiger partial charge in [0, 0.05) is 19.6 Å². The molecule has 0 saturated carbocycles. The van der Waals surface area contributed by atoms with Crippen LogP contribution in [0.1, 0.15) is 6.92 Å². The molecule has 0 unspecified atom stereocenters. The topological polar surface area (TPSA) is 52.6 Å². The van der Waals surface area contributed by atoms with Crippen molar-refractivity contribution in [2.24, 2.45) is 0 Å². The zero-order valence-electron chi connectivity index (χ0n) is 6.71. The number of likely N-dealkylation sites (N-methyl/N-ethyl adjacent to an activating group) is 1. The van der Waals surface area contributed by atoms with E-state index in [-0.39, 0.29) is 12.0 Å². The van der Waals surface area contributed by atoms with Crippen molar-refractivity contribution in [2.45, 2.75) is 13.0 Å². The molecule has 0 bridgehead atoms. The van der Waals surface area contributed by atoms with Crippen LogP contribution in [0, 0.1) is 0 Å². The van der Waals surface area contributed by atoms with E-state index in [2.05, 4.69) is 5.32 Å². The van der Waals surface area contributed by atoms with E-state index < -0.39 is 0 Å². The van der Waals surface area contributed by atoms with E-state index in [0.29, 0.717) is 26.2 Å². The Kier molecular flexibility index (Phi) is 2.84. The molecule has 0 aromatic heterocycles. The van der Waals surface area contributed by atoms with E-state index in [9.17, 15) is 4.79 Å². The minimum atomic E-state index is -0.218. The molecule has 0 radical (unpaired) electrons. The first-order valence-corrected chi connectivity index (χ1v) is 3.89. The largest absolute Gasteiger partial charge is 0.390 e. The van der Waals surface area contributed by atoms with Gasteiger partial charge in [0.1, 0.15) is 0 Å². The predicted octanol–water partition coefficient (Wildman–Crippen LogP) is -1.20. The number of carbonyl (C=O) groups excluding carboxylic acids is 1. The molecule has 2 N–H and O–H groups in total. The third kappa shape index (κ3) is 2.48. The molecule has 1 aliphatic heterocycles. The monoisotopic (exact) mass is 158 g/mol. The number of hydrogen-bond acceptors (Lipinski definition) is 3. The highest BCUT2D eigenvalue weighted by molar-refractivity contribution is 5.78. The van der Waals surface area contributed by atoms with Crippen molar-refractivity contribution in [3.63, 3.8) is 0 Å². The van der Waals surface area contributed by atoms with E-state index in [1.165, 1.54) is 0 Å². The van der Waals surface area contributed by atoms with Crippen LogP contribution in [0.4, 0.5) is 0 Å². The smallest absolute Gasteiger partial charge is 0.234 e. The summed E-state index contributed by atoms with van der Waals surface area (Å²) in [7, 11) is 0. The van der Waals surface area contributed by atoms with Crippen LogP contribution >= 0.6 is 0 Å². The Balaban J connectivity index is 2.07. The SMILES string of the molecule is CCNC(=O)CN1CC(O)C1. The number of aliphatic hydroxyl groups excluding tert-OH is 1. The highest BCUT2D eigenvalue weighted by atomic mass is 16.3. The molecular weight excluding hydrogens is 144 g/mol. The second-order valence-corrected chi connectivity index (χ2v) is 2.80. The Morgan fingerprint density at radius 2 is 2.36 bits per heavy atom. The number of hydrogen-bond donors (Lipinski definition) is 2. The molecule has 1 amide bonds. The van der Waals surface area contributed by atoms with Gasteiger partial charge in [-0.25, -0.2) is 0 Å². The van der Waals surface area contributed by atoms with E-state index in [1.54, 1.807) is 0 Å².